The van der Waals surface area contributed by atoms with Crippen LogP contribution in [0.3, 0.4) is 0 Å². The minimum atomic E-state index is 0.263. The molecule has 16 heavy (non-hydrogen) atoms. The van der Waals surface area contributed by atoms with Gasteiger partial charge in [0.2, 0.25) is 0 Å². The van der Waals surface area contributed by atoms with Crippen LogP contribution in [-0.2, 0) is 4.74 Å². The standard InChI is InChI=1S/C13H26N2O/c1-2-12-3-6-15(7-4-12)10-13(9-14)5-8-16-11-13/h12H,2-11,14H2,1H3. The van der Waals surface area contributed by atoms with Gasteiger partial charge in [-0.25, -0.2) is 0 Å². The molecule has 2 fully saturated rings. The summed E-state index contributed by atoms with van der Waals surface area (Å²) >= 11 is 0. The molecule has 1 atom stereocenters. The summed E-state index contributed by atoms with van der Waals surface area (Å²) in [7, 11) is 0. The molecular formula is C13H26N2O. The average molecular weight is 226 g/mol. The fourth-order valence-electron chi connectivity index (χ4n) is 3.03. The van der Waals surface area contributed by atoms with Crippen LogP contribution in [0.1, 0.15) is 32.6 Å². The van der Waals surface area contributed by atoms with Crippen molar-refractivity contribution >= 4 is 0 Å². The molecule has 0 bridgehead atoms. The molecule has 3 heteroatoms. The van der Waals surface area contributed by atoms with E-state index in [1.807, 2.05) is 0 Å². The van der Waals surface area contributed by atoms with Gasteiger partial charge < -0.3 is 15.4 Å². The maximum Gasteiger partial charge on any atom is 0.0547 e. The number of rotatable bonds is 4. The first-order valence-corrected chi connectivity index (χ1v) is 6.78. The Bertz CT molecular complexity index is 206. The van der Waals surface area contributed by atoms with Crippen molar-refractivity contribution in [2.45, 2.75) is 32.6 Å². The third-order valence-electron chi connectivity index (χ3n) is 4.46. The van der Waals surface area contributed by atoms with Gasteiger partial charge >= 0.3 is 0 Å². The van der Waals surface area contributed by atoms with E-state index < -0.39 is 0 Å². The highest BCUT2D eigenvalue weighted by Gasteiger charge is 2.36. The average Bonchev–Trinajstić information content (AvgIpc) is 2.79. The lowest BCUT2D eigenvalue weighted by Gasteiger charge is -2.37. The minimum Gasteiger partial charge on any atom is -0.381 e. The fourth-order valence-corrected chi connectivity index (χ4v) is 3.03. The molecule has 1 unspecified atom stereocenters. The number of ether oxygens (including phenoxy) is 1. The molecule has 0 radical (unpaired) electrons. The van der Waals surface area contributed by atoms with Crippen LogP contribution in [0.25, 0.3) is 0 Å². The zero-order chi connectivity index (χ0) is 11.4. The molecule has 0 amide bonds. The Hall–Kier alpha value is -0.120. The Morgan fingerprint density at radius 2 is 2.12 bits per heavy atom. The maximum atomic E-state index is 5.93. The van der Waals surface area contributed by atoms with E-state index >= 15 is 0 Å². The van der Waals surface area contributed by atoms with Gasteiger partial charge in [-0.2, -0.15) is 0 Å². The van der Waals surface area contributed by atoms with E-state index in [2.05, 4.69) is 11.8 Å². The summed E-state index contributed by atoms with van der Waals surface area (Å²) in [6, 6.07) is 0. The molecule has 94 valence electrons. The fraction of sp³-hybridized carbons (Fsp3) is 1.00. The van der Waals surface area contributed by atoms with E-state index in [9.17, 15) is 0 Å². The number of nitrogens with zero attached hydrogens (tertiary/aromatic N) is 1. The molecule has 0 aromatic heterocycles. The Balaban J connectivity index is 1.81. The van der Waals surface area contributed by atoms with Crippen LogP contribution in [0.2, 0.25) is 0 Å². The van der Waals surface area contributed by atoms with Crippen molar-refractivity contribution in [3.05, 3.63) is 0 Å². The van der Waals surface area contributed by atoms with Gasteiger partial charge in [0.25, 0.3) is 0 Å². The van der Waals surface area contributed by atoms with Crippen molar-refractivity contribution in [3.8, 4) is 0 Å². The van der Waals surface area contributed by atoms with Crippen LogP contribution >= 0.6 is 0 Å². The van der Waals surface area contributed by atoms with Crippen LogP contribution < -0.4 is 5.73 Å². The van der Waals surface area contributed by atoms with Crippen LogP contribution in [0.4, 0.5) is 0 Å². The van der Waals surface area contributed by atoms with Crippen molar-refractivity contribution in [1.29, 1.82) is 0 Å². The van der Waals surface area contributed by atoms with Crippen LogP contribution in [0.15, 0.2) is 0 Å². The van der Waals surface area contributed by atoms with Crippen LogP contribution in [0.5, 0.6) is 0 Å². The van der Waals surface area contributed by atoms with Crippen molar-refractivity contribution in [1.82, 2.24) is 4.90 Å². The SMILES string of the molecule is CCC1CCN(CC2(CN)CCOC2)CC1. The Morgan fingerprint density at radius 3 is 2.62 bits per heavy atom. The van der Waals surface area contributed by atoms with Gasteiger partial charge in [0.1, 0.15) is 0 Å². The van der Waals surface area contributed by atoms with Gasteiger partial charge in [0.05, 0.1) is 6.61 Å². The van der Waals surface area contributed by atoms with Crippen molar-refractivity contribution < 1.29 is 4.74 Å². The quantitative estimate of drug-likeness (QED) is 0.789. The largest absolute Gasteiger partial charge is 0.381 e. The summed E-state index contributed by atoms with van der Waals surface area (Å²) in [6.45, 7) is 8.55. The molecule has 0 aliphatic carbocycles. The zero-order valence-electron chi connectivity index (χ0n) is 10.6. The van der Waals surface area contributed by atoms with Crippen LogP contribution in [0, 0.1) is 11.3 Å². The number of likely N-dealkylation sites (tertiary alicyclic amines) is 1. The zero-order valence-corrected chi connectivity index (χ0v) is 10.6. The summed E-state index contributed by atoms with van der Waals surface area (Å²) in [6.07, 6.45) is 5.24. The molecule has 2 heterocycles. The highest BCUT2D eigenvalue weighted by Crippen LogP contribution is 2.30. The topological polar surface area (TPSA) is 38.5 Å². The van der Waals surface area contributed by atoms with Gasteiger partial charge in [0, 0.05) is 25.1 Å². The second kappa shape index (κ2) is 5.48. The number of nitrogens with two attached hydrogens (primary N) is 1. The first kappa shape index (κ1) is 12.3. The molecule has 0 aromatic rings. The van der Waals surface area contributed by atoms with Gasteiger partial charge in [0.15, 0.2) is 0 Å². The molecule has 0 spiro atoms. The Kier molecular flexibility index (Phi) is 4.22. The van der Waals surface area contributed by atoms with E-state index in [1.165, 1.54) is 32.4 Å². The summed E-state index contributed by atoms with van der Waals surface area (Å²) < 4.78 is 5.53. The monoisotopic (exact) mass is 226 g/mol. The van der Waals surface area contributed by atoms with Gasteiger partial charge in [-0.1, -0.05) is 13.3 Å². The normalized spacial score (nSPS) is 33.4. The summed E-state index contributed by atoms with van der Waals surface area (Å²) in [5.74, 6) is 0.963. The molecule has 0 saturated carbocycles. The molecule has 3 nitrogen and oxygen atoms in total. The van der Waals surface area contributed by atoms with E-state index in [0.29, 0.717) is 0 Å². The minimum absolute atomic E-state index is 0.263. The van der Waals surface area contributed by atoms with Crippen molar-refractivity contribution in [3.63, 3.8) is 0 Å². The van der Waals surface area contributed by atoms with E-state index in [-0.39, 0.29) is 5.41 Å². The Morgan fingerprint density at radius 1 is 1.38 bits per heavy atom. The third kappa shape index (κ3) is 2.76. The maximum absolute atomic E-state index is 5.93. The predicted octanol–water partition coefficient (Wildman–Crippen LogP) is 1.47. The number of hydrogen-bond donors (Lipinski definition) is 1. The van der Waals surface area contributed by atoms with Gasteiger partial charge in [-0.3, -0.25) is 0 Å². The molecular weight excluding hydrogens is 200 g/mol. The number of piperidine rings is 1. The molecule has 2 rings (SSSR count). The molecule has 2 aliphatic heterocycles. The lowest BCUT2D eigenvalue weighted by atomic mass is 9.85. The van der Waals surface area contributed by atoms with Crippen LogP contribution in [-0.4, -0.2) is 44.3 Å². The van der Waals surface area contributed by atoms with Gasteiger partial charge in [-0.15, -0.1) is 0 Å². The third-order valence-corrected chi connectivity index (χ3v) is 4.46. The van der Waals surface area contributed by atoms with Gasteiger partial charge in [-0.05, 0) is 38.3 Å². The van der Waals surface area contributed by atoms with E-state index in [4.69, 9.17) is 10.5 Å². The van der Waals surface area contributed by atoms with E-state index in [0.717, 1.165) is 38.6 Å². The summed E-state index contributed by atoms with van der Waals surface area (Å²) in [5.41, 5.74) is 6.20. The summed E-state index contributed by atoms with van der Waals surface area (Å²) in [4.78, 5) is 2.60. The highest BCUT2D eigenvalue weighted by atomic mass is 16.5. The smallest absolute Gasteiger partial charge is 0.0547 e. The highest BCUT2D eigenvalue weighted by molar-refractivity contribution is 4.88. The molecule has 0 aromatic carbocycles. The van der Waals surface area contributed by atoms with Crippen molar-refractivity contribution in [2.24, 2.45) is 17.1 Å². The lowest BCUT2D eigenvalue weighted by molar-refractivity contribution is 0.0919. The second-order valence-corrected chi connectivity index (χ2v) is 5.63. The first-order valence-electron chi connectivity index (χ1n) is 6.78. The number of hydrogen-bond acceptors (Lipinski definition) is 3. The second-order valence-electron chi connectivity index (χ2n) is 5.63. The first-order chi connectivity index (χ1) is 7.78. The molecule has 2 saturated heterocycles. The predicted molar refractivity (Wildman–Crippen MR) is 66.4 cm³/mol. The summed E-state index contributed by atoms with van der Waals surface area (Å²) in [5, 5.41) is 0. The van der Waals surface area contributed by atoms with E-state index in [1.54, 1.807) is 0 Å². The van der Waals surface area contributed by atoms with Crippen molar-refractivity contribution in [2.75, 3.05) is 39.4 Å². The molecule has 2 N–H and O–H groups in total. The Labute approximate surface area is 99.3 Å². The lowest BCUT2D eigenvalue weighted by Crippen LogP contribution is -2.46. The molecule has 2 aliphatic rings.